The molecule has 15 heavy (non-hydrogen) atoms. The first kappa shape index (κ1) is 10.3. The van der Waals surface area contributed by atoms with Gasteiger partial charge in [0.2, 0.25) is 0 Å². The zero-order chi connectivity index (χ0) is 10.7. The standard InChI is InChI=1S/C13H20N2/c1-14-11-6-5-9-13(10-11)15(2)12-7-3-4-8-12/h5-6,9-10,12,14H,3-4,7-8H2,1-2H3. The van der Waals surface area contributed by atoms with Gasteiger partial charge in [-0.2, -0.15) is 0 Å². The monoisotopic (exact) mass is 204 g/mol. The second-order valence-corrected chi connectivity index (χ2v) is 4.35. The van der Waals surface area contributed by atoms with E-state index in [-0.39, 0.29) is 0 Å². The Bertz CT molecular complexity index is 316. The maximum atomic E-state index is 3.19. The van der Waals surface area contributed by atoms with Crippen molar-refractivity contribution < 1.29 is 0 Å². The van der Waals surface area contributed by atoms with Crippen LogP contribution < -0.4 is 10.2 Å². The van der Waals surface area contributed by atoms with Crippen molar-refractivity contribution in [1.29, 1.82) is 0 Å². The fraction of sp³-hybridized carbons (Fsp3) is 0.538. The van der Waals surface area contributed by atoms with Gasteiger partial charge in [0, 0.05) is 31.5 Å². The molecule has 0 atom stereocenters. The molecule has 2 rings (SSSR count). The third-order valence-electron chi connectivity index (χ3n) is 3.41. The van der Waals surface area contributed by atoms with Crippen LogP contribution in [-0.4, -0.2) is 20.1 Å². The summed E-state index contributed by atoms with van der Waals surface area (Å²) >= 11 is 0. The van der Waals surface area contributed by atoms with Gasteiger partial charge in [-0.05, 0) is 31.0 Å². The van der Waals surface area contributed by atoms with E-state index in [0.29, 0.717) is 0 Å². The molecule has 0 bridgehead atoms. The van der Waals surface area contributed by atoms with Gasteiger partial charge in [0.15, 0.2) is 0 Å². The summed E-state index contributed by atoms with van der Waals surface area (Å²) in [7, 11) is 4.18. The van der Waals surface area contributed by atoms with Crippen molar-refractivity contribution in [2.24, 2.45) is 0 Å². The number of nitrogens with one attached hydrogen (secondary N) is 1. The zero-order valence-corrected chi connectivity index (χ0v) is 9.66. The quantitative estimate of drug-likeness (QED) is 0.814. The summed E-state index contributed by atoms with van der Waals surface area (Å²) in [6, 6.07) is 9.38. The predicted molar refractivity (Wildman–Crippen MR) is 66.6 cm³/mol. The van der Waals surface area contributed by atoms with Crippen LogP contribution in [0.1, 0.15) is 25.7 Å². The van der Waals surface area contributed by atoms with Crippen LogP contribution in [0.3, 0.4) is 0 Å². The van der Waals surface area contributed by atoms with Crippen LogP contribution in [0.2, 0.25) is 0 Å². The topological polar surface area (TPSA) is 15.3 Å². The van der Waals surface area contributed by atoms with E-state index in [0.717, 1.165) is 6.04 Å². The Morgan fingerprint density at radius 3 is 2.67 bits per heavy atom. The lowest BCUT2D eigenvalue weighted by Crippen LogP contribution is -2.28. The number of nitrogens with zero attached hydrogens (tertiary/aromatic N) is 1. The van der Waals surface area contributed by atoms with Gasteiger partial charge in [0.05, 0.1) is 0 Å². The molecule has 0 unspecified atom stereocenters. The molecule has 0 amide bonds. The van der Waals surface area contributed by atoms with Crippen molar-refractivity contribution in [3.8, 4) is 0 Å². The Kier molecular flexibility index (Phi) is 3.14. The number of rotatable bonds is 3. The maximum Gasteiger partial charge on any atom is 0.0386 e. The summed E-state index contributed by atoms with van der Waals surface area (Å²) in [4.78, 5) is 2.42. The van der Waals surface area contributed by atoms with Crippen LogP contribution in [0.25, 0.3) is 0 Å². The van der Waals surface area contributed by atoms with E-state index in [9.17, 15) is 0 Å². The van der Waals surface area contributed by atoms with Gasteiger partial charge >= 0.3 is 0 Å². The molecule has 0 saturated heterocycles. The number of hydrogen-bond donors (Lipinski definition) is 1. The van der Waals surface area contributed by atoms with Crippen molar-refractivity contribution in [1.82, 2.24) is 0 Å². The first-order valence-corrected chi connectivity index (χ1v) is 5.82. The largest absolute Gasteiger partial charge is 0.388 e. The lowest BCUT2D eigenvalue weighted by molar-refractivity contribution is 0.653. The summed E-state index contributed by atoms with van der Waals surface area (Å²) < 4.78 is 0. The Morgan fingerprint density at radius 2 is 2.00 bits per heavy atom. The number of anilines is 2. The van der Waals surface area contributed by atoms with Gasteiger partial charge in [-0.3, -0.25) is 0 Å². The summed E-state index contributed by atoms with van der Waals surface area (Å²) in [5.41, 5.74) is 2.52. The second-order valence-electron chi connectivity index (χ2n) is 4.35. The van der Waals surface area contributed by atoms with Gasteiger partial charge in [0.1, 0.15) is 0 Å². The van der Waals surface area contributed by atoms with Gasteiger partial charge in [0.25, 0.3) is 0 Å². The molecule has 1 aromatic rings. The minimum atomic E-state index is 0.747. The molecule has 0 heterocycles. The van der Waals surface area contributed by atoms with E-state index in [1.54, 1.807) is 0 Å². The Labute approximate surface area is 92.3 Å². The molecule has 1 saturated carbocycles. The van der Waals surface area contributed by atoms with E-state index in [1.165, 1.54) is 37.1 Å². The molecular formula is C13H20N2. The average molecular weight is 204 g/mol. The van der Waals surface area contributed by atoms with E-state index in [2.05, 4.69) is 41.5 Å². The van der Waals surface area contributed by atoms with Gasteiger partial charge in [-0.25, -0.2) is 0 Å². The molecule has 1 aliphatic rings. The molecule has 2 heteroatoms. The van der Waals surface area contributed by atoms with Crippen LogP contribution in [0.4, 0.5) is 11.4 Å². The van der Waals surface area contributed by atoms with Crippen molar-refractivity contribution in [3.05, 3.63) is 24.3 Å². The minimum Gasteiger partial charge on any atom is -0.388 e. The molecule has 1 fully saturated rings. The van der Waals surface area contributed by atoms with Gasteiger partial charge < -0.3 is 10.2 Å². The lowest BCUT2D eigenvalue weighted by Gasteiger charge is -2.26. The third-order valence-corrected chi connectivity index (χ3v) is 3.41. The van der Waals surface area contributed by atoms with Crippen LogP contribution in [0.15, 0.2) is 24.3 Å². The van der Waals surface area contributed by atoms with Gasteiger partial charge in [-0.15, -0.1) is 0 Å². The summed E-state index contributed by atoms with van der Waals surface area (Å²) in [6.45, 7) is 0. The van der Waals surface area contributed by atoms with E-state index >= 15 is 0 Å². The zero-order valence-electron chi connectivity index (χ0n) is 9.66. The summed E-state index contributed by atoms with van der Waals surface area (Å²) in [5, 5.41) is 3.19. The summed E-state index contributed by atoms with van der Waals surface area (Å²) in [6.07, 6.45) is 5.47. The van der Waals surface area contributed by atoms with Crippen LogP contribution in [0, 0.1) is 0 Å². The minimum absolute atomic E-state index is 0.747. The highest BCUT2D eigenvalue weighted by molar-refractivity contribution is 5.58. The average Bonchev–Trinajstić information content (AvgIpc) is 2.81. The number of benzene rings is 1. The lowest BCUT2D eigenvalue weighted by atomic mass is 10.2. The van der Waals surface area contributed by atoms with E-state index in [4.69, 9.17) is 0 Å². The SMILES string of the molecule is CNc1cccc(N(C)C2CCCC2)c1. The van der Waals surface area contributed by atoms with E-state index in [1.807, 2.05) is 7.05 Å². The van der Waals surface area contributed by atoms with Crippen LogP contribution in [-0.2, 0) is 0 Å². The maximum absolute atomic E-state index is 3.19. The predicted octanol–water partition coefficient (Wildman–Crippen LogP) is 3.11. The second kappa shape index (κ2) is 4.56. The molecule has 2 nitrogen and oxygen atoms in total. The first-order chi connectivity index (χ1) is 7.31. The highest BCUT2D eigenvalue weighted by atomic mass is 15.1. The van der Waals surface area contributed by atoms with Crippen LogP contribution >= 0.6 is 0 Å². The Hall–Kier alpha value is -1.18. The molecule has 0 aromatic heterocycles. The van der Waals surface area contributed by atoms with Crippen molar-refractivity contribution in [3.63, 3.8) is 0 Å². The smallest absolute Gasteiger partial charge is 0.0386 e. The molecule has 0 aliphatic heterocycles. The molecule has 1 N–H and O–H groups in total. The van der Waals surface area contributed by atoms with Crippen molar-refractivity contribution in [2.75, 3.05) is 24.3 Å². The molecular weight excluding hydrogens is 184 g/mol. The first-order valence-electron chi connectivity index (χ1n) is 5.82. The Balaban J connectivity index is 2.13. The molecule has 1 aromatic carbocycles. The molecule has 1 aliphatic carbocycles. The highest BCUT2D eigenvalue weighted by Gasteiger charge is 2.19. The van der Waals surface area contributed by atoms with Crippen molar-refractivity contribution in [2.45, 2.75) is 31.7 Å². The fourth-order valence-electron chi connectivity index (χ4n) is 2.38. The summed E-state index contributed by atoms with van der Waals surface area (Å²) in [5.74, 6) is 0. The number of hydrogen-bond acceptors (Lipinski definition) is 2. The third kappa shape index (κ3) is 2.25. The molecule has 82 valence electrons. The molecule has 0 radical (unpaired) electrons. The fourth-order valence-corrected chi connectivity index (χ4v) is 2.38. The van der Waals surface area contributed by atoms with Crippen molar-refractivity contribution >= 4 is 11.4 Å². The normalized spacial score (nSPS) is 16.7. The van der Waals surface area contributed by atoms with Crippen LogP contribution in [0.5, 0.6) is 0 Å². The highest BCUT2D eigenvalue weighted by Crippen LogP contribution is 2.28. The van der Waals surface area contributed by atoms with E-state index < -0.39 is 0 Å². The Morgan fingerprint density at radius 1 is 1.27 bits per heavy atom. The molecule has 0 spiro atoms. The van der Waals surface area contributed by atoms with Gasteiger partial charge in [-0.1, -0.05) is 18.9 Å².